The van der Waals surface area contributed by atoms with Crippen LogP contribution in [0.1, 0.15) is 5.56 Å². The highest BCUT2D eigenvalue weighted by Gasteiger charge is 2.26. The fraction of sp³-hybridized carbons (Fsp3) is 0.333. The van der Waals surface area contributed by atoms with Gasteiger partial charge in [-0.1, -0.05) is 17.7 Å². The number of hydrogen-bond acceptors (Lipinski definition) is 2. The molecule has 90 valence electrons. The third-order valence-corrected chi connectivity index (χ3v) is 3.59. The highest BCUT2D eigenvalue weighted by Crippen LogP contribution is 2.21. The largest absolute Gasteiger partial charge is 0.309 e. The van der Waals surface area contributed by atoms with E-state index in [1.54, 1.807) is 12.1 Å². The maximum Gasteiger partial charge on any atom is 0.309 e. The number of nitrogens with one attached hydrogen (secondary N) is 1. The second-order valence-electron chi connectivity index (χ2n) is 3.25. The van der Waals surface area contributed by atoms with E-state index >= 15 is 0 Å². The van der Waals surface area contributed by atoms with Gasteiger partial charge in [-0.05, 0) is 19.1 Å². The smallest absolute Gasteiger partial charge is 0.207 e. The lowest BCUT2D eigenvalue weighted by molar-refractivity contribution is 0.132. The zero-order valence-electron chi connectivity index (χ0n) is 8.38. The molecule has 0 aliphatic rings. The first-order valence-electron chi connectivity index (χ1n) is 4.34. The molecule has 1 aromatic rings. The molecule has 0 unspecified atom stereocenters. The Labute approximate surface area is 106 Å². The third-order valence-electron chi connectivity index (χ3n) is 1.79. The van der Waals surface area contributed by atoms with Crippen molar-refractivity contribution in [1.29, 1.82) is 0 Å². The van der Waals surface area contributed by atoms with Crippen LogP contribution in [0.5, 0.6) is 0 Å². The second-order valence-corrected chi connectivity index (χ2v) is 6.60. The maximum atomic E-state index is 12.5. The minimum absolute atomic E-state index is 0.0150. The monoisotopic (exact) mass is 361 g/mol. The van der Waals surface area contributed by atoms with Crippen LogP contribution in [0.25, 0.3) is 0 Å². The Bertz CT molecular complexity index is 453. The Morgan fingerprint density at radius 3 is 2.25 bits per heavy atom. The summed E-state index contributed by atoms with van der Waals surface area (Å²) in [5.41, 5.74) is 0.901. The Morgan fingerprint density at radius 1 is 1.31 bits per heavy atom. The van der Waals surface area contributed by atoms with Crippen LogP contribution in [0.4, 0.5) is 8.78 Å². The number of halogens is 3. The second kappa shape index (κ2) is 4.92. The van der Waals surface area contributed by atoms with Crippen molar-refractivity contribution in [2.24, 2.45) is 0 Å². The Kier molecular flexibility index (Phi) is 4.24. The molecule has 0 saturated carbocycles. The maximum absolute atomic E-state index is 12.5. The summed E-state index contributed by atoms with van der Waals surface area (Å²) in [5.74, 6) is 0. The highest BCUT2D eigenvalue weighted by molar-refractivity contribution is 14.1. The number of benzene rings is 1. The molecule has 3 nitrogen and oxygen atoms in total. The van der Waals surface area contributed by atoms with Gasteiger partial charge in [0.15, 0.2) is 0 Å². The average Bonchev–Trinajstić information content (AvgIpc) is 2.15. The van der Waals surface area contributed by atoms with Crippen molar-refractivity contribution in [1.82, 2.24) is 4.72 Å². The highest BCUT2D eigenvalue weighted by atomic mass is 127. The molecular weight excluding hydrogens is 351 g/mol. The van der Waals surface area contributed by atoms with E-state index in [2.05, 4.69) is 0 Å². The van der Waals surface area contributed by atoms with Crippen LogP contribution >= 0.6 is 22.6 Å². The normalized spacial score (nSPS) is 12.8. The van der Waals surface area contributed by atoms with Crippen LogP contribution in [-0.2, 0) is 10.0 Å². The van der Waals surface area contributed by atoms with Gasteiger partial charge in [0.2, 0.25) is 10.0 Å². The lowest BCUT2D eigenvalue weighted by atomic mass is 10.2. The molecule has 0 fully saturated rings. The van der Waals surface area contributed by atoms with Gasteiger partial charge >= 0.3 is 3.93 Å². The number of alkyl halides is 3. The van der Waals surface area contributed by atoms with Crippen LogP contribution in [0.15, 0.2) is 29.2 Å². The van der Waals surface area contributed by atoms with Crippen molar-refractivity contribution >= 4 is 32.6 Å². The lowest BCUT2D eigenvalue weighted by Gasteiger charge is -2.10. The van der Waals surface area contributed by atoms with E-state index < -0.39 is 20.5 Å². The summed E-state index contributed by atoms with van der Waals surface area (Å²) >= 11 is 0.881. The number of rotatable bonds is 4. The molecule has 0 aromatic heterocycles. The van der Waals surface area contributed by atoms with Crippen LogP contribution in [0, 0.1) is 6.92 Å². The third kappa shape index (κ3) is 4.30. The Morgan fingerprint density at radius 2 is 1.81 bits per heavy atom. The van der Waals surface area contributed by atoms with Crippen molar-refractivity contribution in [3.63, 3.8) is 0 Å². The molecule has 0 bridgehead atoms. The Hall–Kier alpha value is -0.280. The number of hydrogen-bond donors (Lipinski definition) is 1. The molecule has 0 aliphatic heterocycles. The SMILES string of the molecule is Cc1ccc(S(=O)(=O)NCC(F)(F)I)cc1. The van der Waals surface area contributed by atoms with E-state index in [1.165, 1.54) is 12.1 Å². The lowest BCUT2D eigenvalue weighted by Crippen LogP contribution is -2.32. The van der Waals surface area contributed by atoms with Gasteiger partial charge in [-0.3, -0.25) is 0 Å². The van der Waals surface area contributed by atoms with Gasteiger partial charge in [0.05, 0.1) is 11.4 Å². The van der Waals surface area contributed by atoms with Gasteiger partial charge in [-0.2, -0.15) is 8.78 Å². The molecule has 0 saturated heterocycles. The summed E-state index contributed by atoms with van der Waals surface area (Å²) in [6.07, 6.45) is 0. The zero-order valence-corrected chi connectivity index (χ0v) is 11.3. The average molecular weight is 361 g/mol. The minimum Gasteiger partial charge on any atom is -0.207 e. The summed E-state index contributed by atoms with van der Waals surface area (Å²) in [7, 11) is -3.85. The molecule has 0 aliphatic carbocycles. The summed E-state index contributed by atoms with van der Waals surface area (Å²) in [5, 5.41) is 0. The van der Waals surface area contributed by atoms with E-state index in [-0.39, 0.29) is 4.90 Å². The van der Waals surface area contributed by atoms with Crippen LogP contribution < -0.4 is 4.72 Å². The van der Waals surface area contributed by atoms with E-state index in [0.717, 1.165) is 28.2 Å². The van der Waals surface area contributed by atoms with Crippen molar-refractivity contribution < 1.29 is 17.2 Å². The van der Waals surface area contributed by atoms with Crippen molar-refractivity contribution in [3.8, 4) is 0 Å². The molecule has 16 heavy (non-hydrogen) atoms. The molecule has 1 N–H and O–H groups in total. The first-order chi connectivity index (χ1) is 7.21. The molecule has 0 spiro atoms. The van der Waals surface area contributed by atoms with Gasteiger partial charge in [-0.25, -0.2) is 13.1 Å². The van der Waals surface area contributed by atoms with Crippen molar-refractivity contribution in [3.05, 3.63) is 29.8 Å². The van der Waals surface area contributed by atoms with E-state index in [0.29, 0.717) is 0 Å². The topological polar surface area (TPSA) is 46.2 Å². The predicted octanol–water partition coefficient (Wildman–Crippen LogP) is 2.30. The van der Waals surface area contributed by atoms with Crippen LogP contribution in [0.3, 0.4) is 0 Å². The molecule has 0 amide bonds. The standard InChI is InChI=1S/C9H10F2INO2S/c1-7-2-4-8(5-3-7)16(14,15)13-6-9(10,11)12/h2-5,13H,6H2,1H3. The van der Waals surface area contributed by atoms with Gasteiger partial charge in [0, 0.05) is 22.6 Å². The predicted molar refractivity (Wildman–Crippen MR) is 65.3 cm³/mol. The van der Waals surface area contributed by atoms with E-state index in [9.17, 15) is 17.2 Å². The minimum atomic E-state index is -3.85. The fourth-order valence-electron chi connectivity index (χ4n) is 0.978. The van der Waals surface area contributed by atoms with Crippen LogP contribution in [0.2, 0.25) is 0 Å². The van der Waals surface area contributed by atoms with Gasteiger partial charge < -0.3 is 0 Å². The van der Waals surface area contributed by atoms with Gasteiger partial charge in [0.25, 0.3) is 0 Å². The summed E-state index contributed by atoms with van der Waals surface area (Å²) in [6, 6.07) is 5.97. The first kappa shape index (κ1) is 13.8. The molecule has 7 heteroatoms. The van der Waals surface area contributed by atoms with Crippen molar-refractivity contribution in [2.75, 3.05) is 6.54 Å². The van der Waals surface area contributed by atoms with Crippen LogP contribution in [-0.4, -0.2) is 18.9 Å². The molecule has 1 rings (SSSR count). The van der Waals surface area contributed by atoms with Gasteiger partial charge in [-0.15, -0.1) is 0 Å². The van der Waals surface area contributed by atoms with E-state index in [4.69, 9.17) is 0 Å². The van der Waals surface area contributed by atoms with Crippen molar-refractivity contribution in [2.45, 2.75) is 15.7 Å². The molecule has 0 atom stereocenters. The van der Waals surface area contributed by atoms with Gasteiger partial charge in [0.1, 0.15) is 0 Å². The molecule has 0 heterocycles. The fourth-order valence-corrected chi connectivity index (χ4v) is 2.46. The first-order valence-corrected chi connectivity index (χ1v) is 6.90. The summed E-state index contributed by atoms with van der Waals surface area (Å²) in [6.45, 7) is 0.895. The molecule has 0 radical (unpaired) electrons. The Balaban J connectivity index is 2.83. The van der Waals surface area contributed by atoms with E-state index in [1.807, 2.05) is 11.6 Å². The summed E-state index contributed by atoms with van der Waals surface area (Å²) < 4.78 is 46.8. The number of aryl methyl sites for hydroxylation is 1. The molecule has 1 aromatic carbocycles. The summed E-state index contributed by atoms with van der Waals surface area (Å²) in [4.78, 5) is -0.0150. The molecular formula is C9H10F2INO2S. The zero-order chi connectivity index (χ0) is 12.4. The quantitative estimate of drug-likeness (QED) is 0.661. The number of sulfonamides is 1.